The maximum absolute atomic E-state index is 13.2. The lowest BCUT2D eigenvalue weighted by Gasteiger charge is -2.40. The highest BCUT2D eigenvalue weighted by Crippen LogP contribution is 2.32. The molecule has 2 aliphatic heterocycles. The summed E-state index contributed by atoms with van der Waals surface area (Å²) < 4.78 is 0. The number of hydrogen-bond acceptors (Lipinski definition) is 4. The summed E-state index contributed by atoms with van der Waals surface area (Å²) in [6, 6.07) is 12.8. The number of para-hydroxylation sites is 1. The van der Waals surface area contributed by atoms with Crippen LogP contribution >= 0.6 is 11.3 Å². The second-order valence-corrected chi connectivity index (χ2v) is 7.92. The van der Waals surface area contributed by atoms with Crippen LogP contribution < -0.4 is 10.2 Å². The highest BCUT2D eigenvalue weighted by atomic mass is 32.1. The van der Waals surface area contributed by atoms with E-state index in [1.807, 2.05) is 11.4 Å². The number of carbonyl (C=O) groups is 1. The van der Waals surface area contributed by atoms with Crippen molar-refractivity contribution in [3.05, 3.63) is 52.2 Å². The van der Waals surface area contributed by atoms with Gasteiger partial charge >= 0.3 is 0 Å². The summed E-state index contributed by atoms with van der Waals surface area (Å²) in [4.78, 5) is 18.9. The van der Waals surface area contributed by atoms with Crippen LogP contribution in [0.3, 0.4) is 0 Å². The van der Waals surface area contributed by atoms with Crippen molar-refractivity contribution in [2.24, 2.45) is 0 Å². The lowest BCUT2D eigenvalue weighted by atomic mass is 9.94. The molecule has 25 heavy (non-hydrogen) atoms. The van der Waals surface area contributed by atoms with Crippen LogP contribution in [0, 0.1) is 0 Å². The first-order valence-corrected chi connectivity index (χ1v) is 10.0. The Morgan fingerprint density at radius 3 is 2.80 bits per heavy atom. The number of nitrogens with zero attached hydrogens (tertiary/aromatic N) is 2. The first-order chi connectivity index (χ1) is 12.3. The molecule has 0 saturated carbocycles. The zero-order valence-electron chi connectivity index (χ0n) is 14.5. The fraction of sp³-hybridized carbons (Fsp3) is 0.450. The molecule has 132 valence electrons. The standard InChI is InChI=1S/C20H25N3OS/c24-20(14-18-5-3-13-25-18)23-17(15-22-11-9-21-10-12-22)8-7-16-4-1-2-6-19(16)23/h1-6,13,17,21H,7-12,14-15H2. The second-order valence-electron chi connectivity index (χ2n) is 6.89. The molecular formula is C20H25N3OS. The van der Waals surface area contributed by atoms with Gasteiger partial charge in [-0.25, -0.2) is 0 Å². The van der Waals surface area contributed by atoms with E-state index in [1.165, 1.54) is 5.56 Å². The third-order valence-corrected chi connectivity index (χ3v) is 6.09. The molecule has 4 rings (SSSR count). The Bertz CT molecular complexity index is 709. The van der Waals surface area contributed by atoms with E-state index in [1.54, 1.807) is 11.3 Å². The van der Waals surface area contributed by atoms with Crippen molar-refractivity contribution in [2.75, 3.05) is 37.6 Å². The summed E-state index contributed by atoms with van der Waals surface area (Å²) in [5.41, 5.74) is 2.43. The van der Waals surface area contributed by atoms with E-state index in [4.69, 9.17) is 0 Å². The SMILES string of the molecule is O=C(Cc1cccs1)N1c2ccccc2CCC1CN1CCNCC1. The number of thiophene rings is 1. The number of amides is 1. The highest BCUT2D eigenvalue weighted by Gasteiger charge is 2.32. The van der Waals surface area contributed by atoms with Gasteiger partial charge in [-0.15, -0.1) is 11.3 Å². The molecule has 0 spiro atoms. The number of piperazine rings is 1. The topological polar surface area (TPSA) is 35.6 Å². The van der Waals surface area contributed by atoms with Crippen LogP contribution in [0.1, 0.15) is 16.9 Å². The molecule has 1 aromatic heterocycles. The van der Waals surface area contributed by atoms with Crippen molar-refractivity contribution < 1.29 is 4.79 Å². The van der Waals surface area contributed by atoms with Gasteiger partial charge in [0.15, 0.2) is 0 Å². The summed E-state index contributed by atoms with van der Waals surface area (Å²) in [5.74, 6) is 0.231. The Morgan fingerprint density at radius 2 is 2.00 bits per heavy atom. The molecule has 1 fully saturated rings. The van der Waals surface area contributed by atoms with Crippen molar-refractivity contribution in [3.63, 3.8) is 0 Å². The first-order valence-electron chi connectivity index (χ1n) is 9.17. The normalized spacial score (nSPS) is 21.1. The summed E-state index contributed by atoms with van der Waals surface area (Å²) in [7, 11) is 0. The minimum atomic E-state index is 0.231. The second kappa shape index (κ2) is 7.68. The molecule has 1 aromatic carbocycles. The largest absolute Gasteiger partial charge is 0.314 e. The molecule has 4 nitrogen and oxygen atoms in total. The first kappa shape index (κ1) is 16.8. The predicted molar refractivity (Wildman–Crippen MR) is 103 cm³/mol. The maximum atomic E-state index is 13.2. The summed E-state index contributed by atoms with van der Waals surface area (Å²) in [6.45, 7) is 5.22. The van der Waals surface area contributed by atoms with Gasteiger partial charge < -0.3 is 10.2 Å². The van der Waals surface area contributed by atoms with Crippen molar-refractivity contribution in [3.8, 4) is 0 Å². The van der Waals surface area contributed by atoms with Gasteiger partial charge in [-0.2, -0.15) is 0 Å². The number of nitrogens with one attached hydrogen (secondary N) is 1. The fourth-order valence-electron chi connectivity index (χ4n) is 3.96. The van der Waals surface area contributed by atoms with Crippen molar-refractivity contribution in [1.82, 2.24) is 10.2 Å². The molecule has 0 radical (unpaired) electrons. The number of rotatable bonds is 4. The molecule has 1 amide bonds. The Balaban J connectivity index is 1.57. The monoisotopic (exact) mass is 355 g/mol. The Morgan fingerprint density at radius 1 is 1.16 bits per heavy atom. The molecule has 1 saturated heterocycles. The molecule has 3 heterocycles. The maximum Gasteiger partial charge on any atom is 0.232 e. The summed E-state index contributed by atoms with van der Waals surface area (Å²) in [6.07, 6.45) is 2.62. The number of benzene rings is 1. The minimum Gasteiger partial charge on any atom is -0.314 e. The molecule has 1 N–H and O–H groups in total. The average Bonchev–Trinajstić information content (AvgIpc) is 3.15. The van der Waals surface area contributed by atoms with Gasteiger partial charge in [-0.1, -0.05) is 24.3 Å². The van der Waals surface area contributed by atoms with Gasteiger partial charge in [0, 0.05) is 49.3 Å². The van der Waals surface area contributed by atoms with E-state index in [2.05, 4.69) is 45.4 Å². The summed E-state index contributed by atoms with van der Waals surface area (Å²) in [5, 5.41) is 5.46. The van der Waals surface area contributed by atoms with Crippen LogP contribution in [0.4, 0.5) is 5.69 Å². The minimum absolute atomic E-state index is 0.231. The van der Waals surface area contributed by atoms with Gasteiger partial charge in [0.05, 0.1) is 6.42 Å². The molecular weight excluding hydrogens is 330 g/mol. The quantitative estimate of drug-likeness (QED) is 0.915. The van der Waals surface area contributed by atoms with E-state index in [0.717, 1.165) is 56.1 Å². The lowest BCUT2D eigenvalue weighted by Crippen LogP contribution is -2.53. The molecule has 5 heteroatoms. The molecule has 2 aliphatic rings. The summed E-state index contributed by atoms with van der Waals surface area (Å²) >= 11 is 1.67. The number of anilines is 1. The third-order valence-electron chi connectivity index (χ3n) is 5.22. The Labute approximate surface area is 153 Å². The van der Waals surface area contributed by atoms with Crippen LogP contribution in [-0.2, 0) is 17.6 Å². The van der Waals surface area contributed by atoms with Crippen LogP contribution in [0.2, 0.25) is 0 Å². The number of fused-ring (bicyclic) bond motifs is 1. The van der Waals surface area contributed by atoms with Gasteiger partial charge in [0.2, 0.25) is 5.91 Å². The van der Waals surface area contributed by atoms with E-state index in [-0.39, 0.29) is 11.9 Å². The Kier molecular flexibility index (Phi) is 5.15. The lowest BCUT2D eigenvalue weighted by molar-refractivity contribution is -0.118. The molecule has 2 aromatic rings. The van der Waals surface area contributed by atoms with Gasteiger partial charge in [-0.3, -0.25) is 9.69 Å². The predicted octanol–water partition coefficient (Wildman–Crippen LogP) is 2.54. The Hall–Kier alpha value is -1.69. The molecule has 1 unspecified atom stereocenters. The average molecular weight is 356 g/mol. The number of carbonyl (C=O) groups excluding carboxylic acids is 1. The number of aryl methyl sites for hydroxylation is 1. The molecule has 0 bridgehead atoms. The van der Waals surface area contributed by atoms with E-state index in [0.29, 0.717) is 6.42 Å². The van der Waals surface area contributed by atoms with Gasteiger partial charge in [0.1, 0.15) is 0 Å². The van der Waals surface area contributed by atoms with Crippen molar-refractivity contribution >= 4 is 22.9 Å². The van der Waals surface area contributed by atoms with Crippen LogP contribution in [-0.4, -0.2) is 49.6 Å². The highest BCUT2D eigenvalue weighted by molar-refractivity contribution is 7.10. The molecule has 0 aliphatic carbocycles. The van der Waals surface area contributed by atoms with Gasteiger partial charge in [-0.05, 0) is 35.9 Å². The zero-order valence-corrected chi connectivity index (χ0v) is 15.3. The van der Waals surface area contributed by atoms with Crippen LogP contribution in [0.25, 0.3) is 0 Å². The zero-order chi connectivity index (χ0) is 17.1. The smallest absolute Gasteiger partial charge is 0.232 e. The van der Waals surface area contributed by atoms with Crippen LogP contribution in [0.5, 0.6) is 0 Å². The van der Waals surface area contributed by atoms with Crippen LogP contribution in [0.15, 0.2) is 41.8 Å². The fourth-order valence-corrected chi connectivity index (χ4v) is 4.65. The van der Waals surface area contributed by atoms with E-state index >= 15 is 0 Å². The van der Waals surface area contributed by atoms with Crippen molar-refractivity contribution in [1.29, 1.82) is 0 Å². The van der Waals surface area contributed by atoms with Crippen molar-refractivity contribution in [2.45, 2.75) is 25.3 Å². The van der Waals surface area contributed by atoms with Gasteiger partial charge in [0.25, 0.3) is 0 Å². The molecule has 1 atom stereocenters. The number of hydrogen-bond donors (Lipinski definition) is 1. The van der Waals surface area contributed by atoms with E-state index < -0.39 is 0 Å². The third kappa shape index (κ3) is 3.78. The van der Waals surface area contributed by atoms with E-state index in [9.17, 15) is 4.79 Å².